The molecule has 1 aromatic rings. The summed E-state index contributed by atoms with van der Waals surface area (Å²) in [6, 6.07) is 6.96. The molecule has 20 heavy (non-hydrogen) atoms. The van der Waals surface area contributed by atoms with Gasteiger partial charge in [-0.2, -0.15) is 0 Å². The van der Waals surface area contributed by atoms with Gasteiger partial charge in [0.2, 0.25) is 0 Å². The zero-order valence-corrected chi connectivity index (χ0v) is 12.2. The summed E-state index contributed by atoms with van der Waals surface area (Å²) in [5.41, 5.74) is 8.95. The highest BCUT2D eigenvalue weighted by Gasteiger charge is 2.29. The van der Waals surface area contributed by atoms with Gasteiger partial charge in [0.1, 0.15) is 5.84 Å². The Bertz CT molecular complexity index is 511. The van der Waals surface area contributed by atoms with E-state index in [4.69, 9.17) is 11.1 Å². The normalized spacial score (nSPS) is 23.4. The van der Waals surface area contributed by atoms with Crippen molar-refractivity contribution in [1.29, 1.82) is 5.41 Å². The number of piperidine rings is 1. The summed E-state index contributed by atoms with van der Waals surface area (Å²) in [5, 5.41) is 7.81. The maximum atomic E-state index is 7.81. The first-order chi connectivity index (χ1) is 9.65. The molecule has 0 amide bonds. The van der Waals surface area contributed by atoms with Crippen molar-refractivity contribution in [3.63, 3.8) is 0 Å². The lowest BCUT2D eigenvalue weighted by atomic mass is 9.98. The maximum Gasteiger partial charge on any atom is 0.124 e. The van der Waals surface area contributed by atoms with Crippen LogP contribution in [-0.2, 0) is 0 Å². The Morgan fingerprint density at radius 1 is 1.25 bits per heavy atom. The molecule has 2 heterocycles. The number of nitrogen functional groups attached to an aromatic ring is 1. The van der Waals surface area contributed by atoms with Crippen LogP contribution in [0.15, 0.2) is 18.2 Å². The number of piperazine rings is 1. The van der Waals surface area contributed by atoms with Crippen molar-refractivity contribution in [2.24, 2.45) is 5.73 Å². The fraction of sp³-hybridized carbons (Fsp3) is 0.562. The van der Waals surface area contributed by atoms with Gasteiger partial charge in [0.25, 0.3) is 0 Å². The molecule has 4 nitrogen and oxygen atoms in total. The molecule has 2 fully saturated rings. The Kier molecular flexibility index (Phi) is 3.66. The minimum absolute atomic E-state index is 0.176. The van der Waals surface area contributed by atoms with Crippen LogP contribution in [0.3, 0.4) is 0 Å². The van der Waals surface area contributed by atoms with Crippen LogP contribution in [-0.4, -0.2) is 43.0 Å². The number of benzene rings is 1. The first-order valence-electron chi connectivity index (χ1n) is 7.59. The first kappa shape index (κ1) is 13.4. The molecule has 1 aromatic carbocycles. The van der Waals surface area contributed by atoms with Crippen LogP contribution in [0.25, 0.3) is 0 Å². The summed E-state index contributed by atoms with van der Waals surface area (Å²) < 4.78 is 0. The number of rotatable bonds is 2. The van der Waals surface area contributed by atoms with E-state index in [2.05, 4.69) is 28.9 Å². The fourth-order valence-corrected chi connectivity index (χ4v) is 3.52. The van der Waals surface area contributed by atoms with Crippen molar-refractivity contribution in [3.8, 4) is 0 Å². The van der Waals surface area contributed by atoms with Crippen molar-refractivity contribution in [2.45, 2.75) is 32.2 Å². The topological polar surface area (TPSA) is 56.4 Å². The molecule has 3 rings (SSSR count). The van der Waals surface area contributed by atoms with Crippen molar-refractivity contribution in [3.05, 3.63) is 29.3 Å². The summed E-state index contributed by atoms with van der Waals surface area (Å²) in [6.45, 7) is 6.56. The van der Waals surface area contributed by atoms with Crippen LogP contribution >= 0.6 is 0 Å². The van der Waals surface area contributed by atoms with Gasteiger partial charge in [0, 0.05) is 36.9 Å². The second kappa shape index (κ2) is 5.44. The second-order valence-electron chi connectivity index (χ2n) is 6.07. The molecule has 0 aromatic heterocycles. The van der Waals surface area contributed by atoms with E-state index >= 15 is 0 Å². The molecular weight excluding hydrogens is 248 g/mol. The van der Waals surface area contributed by atoms with Crippen molar-refractivity contribution in [2.75, 3.05) is 31.1 Å². The molecule has 2 aliphatic heterocycles. The van der Waals surface area contributed by atoms with Crippen LogP contribution < -0.4 is 10.6 Å². The molecule has 2 aliphatic rings. The lowest BCUT2D eigenvalue weighted by Gasteiger charge is -2.45. The molecule has 0 radical (unpaired) electrons. The lowest BCUT2D eigenvalue weighted by Crippen LogP contribution is -2.55. The first-order valence-corrected chi connectivity index (χ1v) is 7.59. The summed E-state index contributed by atoms with van der Waals surface area (Å²) in [6.07, 6.45) is 4.00. The average Bonchev–Trinajstić information content (AvgIpc) is 2.46. The number of hydrogen-bond acceptors (Lipinski definition) is 3. The smallest absolute Gasteiger partial charge is 0.124 e. The van der Waals surface area contributed by atoms with E-state index in [1.165, 1.54) is 25.8 Å². The molecule has 4 heteroatoms. The Labute approximate surface area is 121 Å². The highest BCUT2D eigenvalue weighted by atomic mass is 15.3. The number of nitrogens with zero attached hydrogens (tertiary/aromatic N) is 2. The van der Waals surface area contributed by atoms with Gasteiger partial charge in [-0.1, -0.05) is 18.1 Å². The number of anilines is 1. The van der Waals surface area contributed by atoms with Gasteiger partial charge < -0.3 is 10.6 Å². The van der Waals surface area contributed by atoms with Gasteiger partial charge in [-0.3, -0.25) is 10.3 Å². The molecule has 1 atom stereocenters. The molecule has 0 spiro atoms. The van der Waals surface area contributed by atoms with Crippen LogP contribution in [0.1, 0.15) is 30.4 Å². The third-order valence-corrected chi connectivity index (χ3v) is 4.62. The molecule has 0 bridgehead atoms. The van der Waals surface area contributed by atoms with Gasteiger partial charge in [-0.05, 0) is 38.4 Å². The average molecular weight is 272 g/mol. The van der Waals surface area contributed by atoms with E-state index in [1.807, 2.05) is 6.07 Å². The van der Waals surface area contributed by atoms with Crippen LogP contribution in [0.5, 0.6) is 0 Å². The molecule has 1 unspecified atom stereocenters. The van der Waals surface area contributed by atoms with E-state index in [0.717, 1.165) is 36.4 Å². The zero-order valence-electron chi connectivity index (χ0n) is 12.2. The van der Waals surface area contributed by atoms with Gasteiger partial charge in [-0.25, -0.2) is 0 Å². The number of hydrogen-bond donors (Lipinski definition) is 2. The van der Waals surface area contributed by atoms with E-state index in [-0.39, 0.29) is 5.84 Å². The summed E-state index contributed by atoms with van der Waals surface area (Å²) in [4.78, 5) is 5.05. The summed E-state index contributed by atoms with van der Waals surface area (Å²) in [5.74, 6) is 0.176. The van der Waals surface area contributed by atoms with E-state index < -0.39 is 0 Å². The highest BCUT2D eigenvalue weighted by molar-refractivity contribution is 6.00. The zero-order chi connectivity index (χ0) is 14.1. The molecule has 3 N–H and O–H groups in total. The van der Waals surface area contributed by atoms with Gasteiger partial charge in [-0.15, -0.1) is 0 Å². The van der Waals surface area contributed by atoms with Crippen molar-refractivity contribution >= 4 is 11.5 Å². The number of fused-ring (bicyclic) bond motifs is 1. The Balaban J connectivity index is 1.84. The van der Waals surface area contributed by atoms with Crippen molar-refractivity contribution in [1.82, 2.24) is 4.90 Å². The predicted molar refractivity (Wildman–Crippen MR) is 83.6 cm³/mol. The van der Waals surface area contributed by atoms with Crippen LogP contribution in [0.2, 0.25) is 0 Å². The summed E-state index contributed by atoms with van der Waals surface area (Å²) in [7, 11) is 0. The van der Waals surface area contributed by atoms with E-state index in [0.29, 0.717) is 6.04 Å². The predicted octanol–water partition coefficient (Wildman–Crippen LogP) is 1.95. The molecule has 0 saturated carbocycles. The Hall–Kier alpha value is -1.55. The molecule has 108 valence electrons. The Morgan fingerprint density at radius 3 is 2.90 bits per heavy atom. The third kappa shape index (κ3) is 2.52. The SMILES string of the molecule is Cc1ccc(N2CCN3CCCCC3C2)c(C(=N)N)c1. The number of amidine groups is 1. The minimum Gasteiger partial charge on any atom is -0.384 e. The third-order valence-electron chi connectivity index (χ3n) is 4.62. The lowest BCUT2D eigenvalue weighted by molar-refractivity contribution is 0.133. The molecule has 2 saturated heterocycles. The van der Waals surface area contributed by atoms with Gasteiger partial charge >= 0.3 is 0 Å². The highest BCUT2D eigenvalue weighted by Crippen LogP contribution is 2.27. The van der Waals surface area contributed by atoms with Crippen LogP contribution in [0, 0.1) is 12.3 Å². The van der Waals surface area contributed by atoms with Crippen molar-refractivity contribution < 1.29 is 0 Å². The minimum atomic E-state index is 0.176. The monoisotopic (exact) mass is 272 g/mol. The van der Waals surface area contributed by atoms with Gasteiger partial charge in [0.05, 0.1) is 0 Å². The second-order valence-corrected chi connectivity index (χ2v) is 6.07. The standard InChI is InChI=1S/C16H24N4/c1-12-5-6-15(14(10-12)16(17)18)20-9-8-19-7-3-2-4-13(19)11-20/h5-6,10,13H,2-4,7-9,11H2,1H3,(H3,17,18). The van der Waals surface area contributed by atoms with E-state index in [9.17, 15) is 0 Å². The number of nitrogens with two attached hydrogens (primary N) is 1. The number of nitrogens with one attached hydrogen (secondary N) is 1. The van der Waals surface area contributed by atoms with Crippen LogP contribution in [0.4, 0.5) is 5.69 Å². The molecule has 0 aliphatic carbocycles. The summed E-state index contributed by atoms with van der Waals surface area (Å²) >= 11 is 0. The maximum absolute atomic E-state index is 7.81. The largest absolute Gasteiger partial charge is 0.384 e. The quantitative estimate of drug-likeness (QED) is 0.639. The van der Waals surface area contributed by atoms with Gasteiger partial charge in [0.15, 0.2) is 0 Å². The molecular formula is C16H24N4. The van der Waals surface area contributed by atoms with E-state index in [1.54, 1.807) is 0 Å². The Morgan fingerprint density at radius 2 is 2.10 bits per heavy atom. The fourth-order valence-electron chi connectivity index (χ4n) is 3.52. The number of aryl methyl sites for hydroxylation is 1.